The molecule has 122 valence electrons. The number of hydrogen-bond acceptors (Lipinski definition) is 6. The van der Waals surface area contributed by atoms with Gasteiger partial charge in [0.25, 0.3) is 5.91 Å². The number of benzene rings is 1. The first-order chi connectivity index (χ1) is 11.2. The van der Waals surface area contributed by atoms with Crippen LogP contribution in [0, 0.1) is 6.92 Å². The van der Waals surface area contributed by atoms with Gasteiger partial charge in [-0.3, -0.25) is 9.69 Å². The lowest BCUT2D eigenvalue weighted by atomic mass is 10.1. The number of ether oxygens (including phenoxy) is 1. The van der Waals surface area contributed by atoms with Crippen molar-refractivity contribution in [2.24, 2.45) is 0 Å². The van der Waals surface area contributed by atoms with Gasteiger partial charge in [0.15, 0.2) is 5.82 Å². The lowest BCUT2D eigenvalue weighted by Crippen LogP contribution is -2.48. The first kappa shape index (κ1) is 15.5. The van der Waals surface area contributed by atoms with Crippen LogP contribution in [0.5, 0.6) is 5.75 Å². The van der Waals surface area contributed by atoms with Crippen molar-refractivity contribution < 1.29 is 14.1 Å². The van der Waals surface area contributed by atoms with Gasteiger partial charge in [-0.25, -0.2) is 0 Å². The highest BCUT2D eigenvalue weighted by molar-refractivity contribution is 5.94. The molecule has 2 heterocycles. The molecule has 1 aliphatic rings. The summed E-state index contributed by atoms with van der Waals surface area (Å²) in [6.07, 6.45) is 0. The maximum atomic E-state index is 12.5. The van der Waals surface area contributed by atoms with E-state index in [9.17, 15) is 4.79 Å². The molecule has 0 saturated carbocycles. The Morgan fingerprint density at radius 2 is 2.09 bits per heavy atom. The summed E-state index contributed by atoms with van der Waals surface area (Å²) in [6.45, 7) is 5.39. The molecule has 0 spiro atoms. The van der Waals surface area contributed by atoms with Gasteiger partial charge in [0.2, 0.25) is 5.89 Å². The van der Waals surface area contributed by atoms with Crippen molar-refractivity contribution in [3.63, 3.8) is 0 Å². The van der Waals surface area contributed by atoms with Crippen LogP contribution in [0.15, 0.2) is 28.8 Å². The van der Waals surface area contributed by atoms with Gasteiger partial charge in [-0.2, -0.15) is 4.98 Å². The monoisotopic (exact) mass is 316 g/mol. The average molecular weight is 316 g/mol. The number of aromatic nitrogens is 2. The molecular formula is C16H20N4O3. The van der Waals surface area contributed by atoms with E-state index >= 15 is 0 Å². The summed E-state index contributed by atoms with van der Waals surface area (Å²) in [6, 6.07) is 7.26. The van der Waals surface area contributed by atoms with Crippen molar-refractivity contribution in [2.75, 3.05) is 33.3 Å². The first-order valence-electron chi connectivity index (χ1n) is 7.60. The van der Waals surface area contributed by atoms with Crippen LogP contribution in [0.1, 0.15) is 22.1 Å². The number of nitrogens with zero attached hydrogens (tertiary/aromatic N) is 4. The molecule has 1 saturated heterocycles. The smallest absolute Gasteiger partial charge is 0.254 e. The number of methoxy groups -OCH3 is 1. The van der Waals surface area contributed by atoms with E-state index in [1.54, 1.807) is 20.1 Å². The summed E-state index contributed by atoms with van der Waals surface area (Å²) in [5.74, 6) is 2.00. The van der Waals surface area contributed by atoms with Gasteiger partial charge in [0.1, 0.15) is 5.75 Å². The molecule has 0 unspecified atom stereocenters. The highest BCUT2D eigenvalue weighted by atomic mass is 16.5. The number of carbonyl (C=O) groups excluding carboxylic acids is 1. The molecule has 1 aliphatic heterocycles. The van der Waals surface area contributed by atoms with E-state index in [2.05, 4.69) is 15.0 Å². The Hall–Kier alpha value is -2.41. The predicted molar refractivity (Wildman–Crippen MR) is 83.2 cm³/mol. The van der Waals surface area contributed by atoms with Crippen LogP contribution in [0.25, 0.3) is 0 Å². The lowest BCUT2D eigenvalue weighted by Gasteiger charge is -2.34. The molecule has 23 heavy (non-hydrogen) atoms. The fourth-order valence-electron chi connectivity index (χ4n) is 2.65. The molecule has 0 aliphatic carbocycles. The van der Waals surface area contributed by atoms with Gasteiger partial charge in [-0.15, -0.1) is 0 Å². The highest BCUT2D eigenvalue weighted by Crippen LogP contribution is 2.16. The molecule has 0 radical (unpaired) electrons. The molecule has 1 aromatic carbocycles. The maximum Gasteiger partial charge on any atom is 0.254 e. The Kier molecular flexibility index (Phi) is 4.57. The second-order valence-electron chi connectivity index (χ2n) is 5.53. The molecule has 7 heteroatoms. The van der Waals surface area contributed by atoms with Crippen molar-refractivity contribution in [3.05, 3.63) is 41.5 Å². The predicted octanol–water partition coefficient (Wildman–Crippen LogP) is 1.34. The summed E-state index contributed by atoms with van der Waals surface area (Å²) in [4.78, 5) is 20.8. The largest absolute Gasteiger partial charge is 0.497 e. The van der Waals surface area contributed by atoms with Crippen LogP contribution in [0.2, 0.25) is 0 Å². The summed E-state index contributed by atoms with van der Waals surface area (Å²) < 4.78 is 10.2. The number of rotatable bonds is 4. The van der Waals surface area contributed by atoms with Crippen LogP contribution >= 0.6 is 0 Å². The molecule has 1 fully saturated rings. The van der Waals surface area contributed by atoms with E-state index in [0.29, 0.717) is 42.7 Å². The van der Waals surface area contributed by atoms with Crippen molar-refractivity contribution in [1.82, 2.24) is 19.9 Å². The van der Waals surface area contributed by atoms with Gasteiger partial charge >= 0.3 is 0 Å². The van der Waals surface area contributed by atoms with Gasteiger partial charge in [0, 0.05) is 38.7 Å². The molecule has 3 rings (SSSR count). The number of aryl methyl sites for hydroxylation is 1. The van der Waals surface area contributed by atoms with Crippen LogP contribution in [-0.4, -0.2) is 59.1 Å². The Morgan fingerprint density at radius 1 is 1.30 bits per heavy atom. The standard InChI is InChI=1S/C16H20N4O3/c1-12-17-15(18-23-12)11-19-6-8-20(9-7-19)16(21)13-4-3-5-14(10-13)22-2/h3-5,10H,6-9,11H2,1-2H3. The van der Waals surface area contributed by atoms with Gasteiger partial charge in [0.05, 0.1) is 13.7 Å². The van der Waals surface area contributed by atoms with E-state index in [1.807, 2.05) is 23.1 Å². The molecule has 0 bridgehead atoms. The second kappa shape index (κ2) is 6.78. The quantitative estimate of drug-likeness (QED) is 0.848. The van der Waals surface area contributed by atoms with Crippen LogP contribution in [0.4, 0.5) is 0 Å². The van der Waals surface area contributed by atoms with E-state index in [1.165, 1.54) is 0 Å². The summed E-state index contributed by atoms with van der Waals surface area (Å²) in [5, 5.41) is 3.91. The van der Waals surface area contributed by atoms with E-state index in [0.717, 1.165) is 13.1 Å². The van der Waals surface area contributed by atoms with Crippen molar-refractivity contribution in [2.45, 2.75) is 13.5 Å². The van der Waals surface area contributed by atoms with Crippen molar-refractivity contribution in [3.8, 4) is 5.75 Å². The SMILES string of the molecule is COc1cccc(C(=O)N2CCN(Cc3noc(C)n3)CC2)c1. The minimum Gasteiger partial charge on any atom is -0.497 e. The number of amides is 1. The Morgan fingerprint density at radius 3 is 2.74 bits per heavy atom. The second-order valence-corrected chi connectivity index (χ2v) is 5.53. The van der Waals surface area contributed by atoms with E-state index < -0.39 is 0 Å². The number of carbonyl (C=O) groups is 1. The Balaban J connectivity index is 1.56. The molecule has 2 aromatic rings. The Bertz CT molecular complexity index is 677. The van der Waals surface area contributed by atoms with Crippen LogP contribution < -0.4 is 4.74 Å². The molecule has 1 amide bonds. The molecule has 7 nitrogen and oxygen atoms in total. The van der Waals surface area contributed by atoms with Crippen molar-refractivity contribution >= 4 is 5.91 Å². The summed E-state index contributed by atoms with van der Waals surface area (Å²) in [5.41, 5.74) is 0.659. The third-order valence-corrected chi connectivity index (χ3v) is 3.91. The van der Waals surface area contributed by atoms with Gasteiger partial charge < -0.3 is 14.2 Å². The fraction of sp³-hybridized carbons (Fsp3) is 0.438. The van der Waals surface area contributed by atoms with Crippen molar-refractivity contribution in [1.29, 1.82) is 0 Å². The highest BCUT2D eigenvalue weighted by Gasteiger charge is 2.23. The number of hydrogen-bond donors (Lipinski definition) is 0. The van der Waals surface area contributed by atoms with E-state index in [4.69, 9.17) is 9.26 Å². The van der Waals surface area contributed by atoms with E-state index in [-0.39, 0.29) is 5.91 Å². The summed E-state index contributed by atoms with van der Waals surface area (Å²) >= 11 is 0. The Labute approximate surface area is 134 Å². The zero-order valence-corrected chi connectivity index (χ0v) is 13.4. The molecule has 0 atom stereocenters. The minimum absolute atomic E-state index is 0.0407. The average Bonchev–Trinajstić information content (AvgIpc) is 3.00. The molecule has 1 aromatic heterocycles. The van der Waals surface area contributed by atoms with Gasteiger partial charge in [-0.05, 0) is 18.2 Å². The normalized spacial score (nSPS) is 15.7. The summed E-state index contributed by atoms with van der Waals surface area (Å²) in [7, 11) is 1.60. The maximum absolute atomic E-state index is 12.5. The third kappa shape index (κ3) is 3.68. The third-order valence-electron chi connectivity index (χ3n) is 3.91. The molecule has 0 N–H and O–H groups in total. The zero-order chi connectivity index (χ0) is 16.2. The zero-order valence-electron chi connectivity index (χ0n) is 13.4. The fourth-order valence-corrected chi connectivity index (χ4v) is 2.65. The number of piperazine rings is 1. The first-order valence-corrected chi connectivity index (χ1v) is 7.60. The minimum atomic E-state index is 0.0407. The molecular weight excluding hydrogens is 296 g/mol. The van der Waals surface area contributed by atoms with Gasteiger partial charge in [-0.1, -0.05) is 11.2 Å². The topological polar surface area (TPSA) is 71.7 Å². The lowest BCUT2D eigenvalue weighted by molar-refractivity contribution is 0.0624. The van der Waals surface area contributed by atoms with Crippen LogP contribution in [0.3, 0.4) is 0 Å². The van der Waals surface area contributed by atoms with Crippen LogP contribution in [-0.2, 0) is 6.54 Å².